The van der Waals surface area contributed by atoms with E-state index < -0.39 is 6.10 Å². The maximum atomic E-state index is 10.3. The van der Waals surface area contributed by atoms with Gasteiger partial charge >= 0.3 is 0 Å². The van der Waals surface area contributed by atoms with E-state index in [4.69, 9.17) is 4.42 Å². The van der Waals surface area contributed by atoms with Gasteiger partial charge in [0.05, 0.1) is 16.4 Å². The lowest BCUT2D eigenvalue weighted by atomic mass is 10.2. The van der Waals surface area contributed by atoms with Crippen molar-refractivity contribution < 1.29 is 9.52 Å². The molecule has 0 aromatic carbocycles. The molecule has 0 spiro atoms. The van der Waals surface area contributed by atoms with Crippen LogP contribution in [0, 0.1) is 6.92 Å². The minimum absolute atomic E-state index is 0.543. The number of aryl methyl sites for hydroxylation is 2. The van der Waals surface area contributed by atoms with Crippen LogP contribution in [0.2, 0.25) is 0 Å². The smallest absolute Gasteiger partial charge is 0.154 e. The molecule has 0 saturated heterocycles. The van der Waals surface area contributed by atoms with E-state index in [1.165, 1.54) is 0 Å². The number of nitrogens with zero attached hydrogens (tertiary/aromatic N) is 2. The van der Waals surface area contributed by atoms with E-state index >= 15 is 0 Å². The molecule has 4 nitrogen and oxygen atoms in total. The maximum Gasteiger partial charge on any atom is 0.154 e. The van der Waals surface area contributed by atoms with Crippen LogP contribution in [-0.2, 0) is 6.54 Å². The van der Waals surface area contributed by atoms with E-state index in [-0.39, 0.29) is 0 Å². The van der Waals surface area contributed by atoms with Gasteiger partial charge in [-0.25, -0.2) is 0 Å². The lowest BCUT2D eigenvalue weighted by Crippen LogP contribution is -2.10. The molecule has 2 rings (SSSR count). The minimum atomic E-state index is -0.785. The first kappa shape index (κ1) is 12.4. The Bertz CT molecular complexity index is 504. The van der Waals surface area contributed by atoms with Crippen LogP contribution in [0.4, 0.5) is 0 Å². The number of halogens is 1. The summed E-state index contributed by atoms with van der Waals surface area (Å²) in [6.45, 7) is 4.70. The second-order valence-electron chi connectivity index (χ2n) is 3.95. The normalized spacial score (nSPS) is 12.9. The maximum absolute atomic E-state index is 10.3. The summed E-state index contributed by atoms with van der Waals surface area (Å²) in [4.78, 5) is 0. The van der Waals surface area contributed by atoms with Crippen LogP contribution in [0.25, 0.3) is 0 Å². The lowest BCUT2D eigenvalue weighted by molar-refractivity contribution is 0.176. The quantitative estimate of drug-likeness (QED) is 0.944. The first-order valence-corrected chi connectivity index (χ1v) is 6.38. The Morgan fingerprint density at radius 1 is 1.53 bits per heavy atom. The predicted octanol–water partition coefficient (Wildman–Crippen LogP) is 3.04. The van der Waals surface area contributed by atoms with E-state index in [2.05, 4.69) is 28.0 Å². The Morgan fingerprint density at radius 3 is 2.88 bits per heavy atom. The van der Waals surface area contributed by atoms with E-state index in [0.717, 1.165) is 28.9 Å². The first-order chi connectivity index (χ1) is 8.13. The molecule has 0 fully saturated rings. The highest BCUT2D eigenvalue weighted by Crippen LogP contribution is 2.29. The number of rotatable bonds is 4. The third kappa shape index (κ3) is 2.45. The summed E-state index contributed by atoms with van der Waals surface area (Å²) < 4.78 is 8.04. The lowest BCUT2D eigenvalue weighted by Gasteiger charge is -2.11. The Morgan fingerprint density at radius 2 is 2.29 bits per heavy atom. The molecule has 17 heavy (non-hydrogen) atoms. The molecule has 1 unspecified atom stereocenters. The summed E-state index contributed by atoms with van der Waals surface area (Å²) in [7, 11) is 0. The summed E-state index contributed by atoms with van der Waals surface area (Å²) >= 11 is 3.41. The molecule has 0 saturated carbocycles. The molecule has 2 heterocycles. The zero-order valence-corrected chi connectivity index (χ0v) is 11.4. The van der Waals surface area contributed by atoms with Crippen molar-refractivity contribution in [3.05, 3.63) is 40.0 Å². The molecule has 0 bridgehead atoms. The van der Waals surface area contributed by atoms with Gasteiger partial charge in [-0.15, -0.1) is 0 Å². The molecule has 0 aliphatic rings. The molecule has 1 N–H and O–H groups in total. The molecule has 92 valence electrons. The summed E-state index contributed by atoms with van der Waals surface area (Å²) in [6, 6.07) is 3.63. The van der Waals surface area contributed by atoms with E-state index in [9.17, 15) is 5.11 Å². The number of furan rings is 1. The fraction of sp³-hybridized carbons (Fsp3) is 0.417. The van der Waals surface area contributed by atoms with Crippen LogP contribution in [0.15, 0.2) is 27.2 Å². The van der Waals surface area contributed by atoms with Crippen molar-refractivity contribution in [3.8, 4) is 0 Å². The summed E-state index contributed by atoms with van der Waals surface area (Å²) in [5, 5.41) is 14.5. The number of aliphatic hydroxyl groups excluding tert-OH is 1. The summed E-state index contributed by atoms with van der Waals surface area (Å²) in [5.74, 6) is 1.33. The van der Waals surface area contributed by atoms with Crippen LogP contribution in [0.3, 0.4) is 0 Å². The van der Waals surface area contributed by atoms with E-state index in [0.29, 0.717) is 5.76 Å². The summed E-state index contributed by atoms with van der Waals surface area (Å²) in [5.41, 5.74) is 0.737. The number of aliphatic hydroxyl groups is 1. The topological polar surface area (TPSA) is 51.2 Å². The predicted molar refractivity (Wildman–Crippen MR) is 67.7 cm³/mol. The van der Waals surface area contributed by atoms with Crippen molar-refractivity contribution in [1.29, 1.82) is 0 Å². The number of hydrogen-bond donors (Lipinski definition) is 1. The van der Waals surface area contributed by atoms with Gasteiger partial charge in [0.2, 0.25) is 0 Å². The highest BCUT2D eigenvalue weighted by atomic mass is 79.9. The standard InChI is InChI=1S/C12H15BrN2O2/c1-3-6-15-11(9(13)7-14-15)12(16)10-5-4-8(2)17-10/h4-5,7,12,16H,3,6H2,1-2H3. The van der Waals surface area contributed by atoms with Crippen LogP contribution in [0.5, 0.6) is 0 Å². The largest absolute Gasteiger partial charge is 0.463 e. The van der Waals surface area contributed by atoms with Gasteiger partial charge in [0.15, 0.2) is 6.10 Å². The van der Waals surface area contributed by atoms with Gasteiger partial charge in [0, 0.05) is 6.54 Å². The molecular weight excluding hydrogens is 284 g/mol. The molecule has 5 heteroatoms. The van der Waals surface area contributed by atoms with E-state index in [1.807, 2.05) is 13.0 Å². The van der Waals surface area contributed by atoms with Gasteiger partial charge < -0.3 is 9.52 Å². The van der Waals surface area contributed by atoms with Crippen LogP contribution < -0.4 is 0 Å². The zero-order chi connectivity index (χ0) is 12.4. The second-order valence-corrected chi connectivity index (χ2v) is 4.81. The van der Waals surface area contributed by atoms with Crippen LogP contribution in [-0.4, -0.2) is 14.9 Å². The van der Waals surface area contributed by atoms with Crippen molar-refractivity contribution in [2.75, 3.05) is 0 Å². The molecule has 0 amide bonds. The highest BCUT2D eigenvalue weighted by Gasteiger charge is 2.21. The molecule has 2 aromatic heterocycles. The van der Waals surface area contributed by atoms with Crippen molar-refractivity contribution in [2.45, 2.75) is 32.9 Å². The molecule has 1 atom stereocenters. The fourth-order valence-electron chi connectivity index (χ4n) is 1.77. The molecule has 2 aromatic rings. The van der Waals surface area contributed by atoms with Crippen LogP contribution >= 0.6 is 15.9 Å². The Kier molecular flexibility index (Phi) is 3.69. The number of aromatic nitrogens is 2. The van der Waals surface area contributed by atoms with Crippen molar-refractivity contribution in [1.82, 2.24) is 9.78 Å². The minimum Gasteiger partial charge on any atom is -0.463 e. The van der Waals surface area contributed by atoms with Gasteiger partial charge in [-0.3, -0.25) is 4.68 Å². The Balaban J connectivity index is 2.35. The van der Waals surface area contributed by atoms with Gasteiger partial charge in [0.25, 0.3) is 0 Å². The fourth-order valence-corrected chi connectivity index (χ4v) is 2.28. The molecular formula is C12H15BrN2O2. The van der Waals surface area contributed by atoms with Gasteiger partial charge in [-0.2, -0.15) is 5.10 Å². The average molecular weight is 299 g/mol. The van der Waals surface area contributed by atoms with Gasteiger partial charge in [0.1, 0.15) is 11.5 Å². The average Bonchev–Trinajstić information content (AvgIpc) is 2.86. The molecule has 0 aliphatic heterocycles. The van der Waals surface area contributed by atoms with Crippen LogP contribution in [0.1, 0.15) is 36.7 Å². The third-order valence-electron chi connectivity index (χ3n) is 2.56. The zero-order valence-electron chi connectivity index (χ0n) is 9.85. The summed E-state index contributed by atoms with van der Waals surface area (Å²) in [6.07, 6.45) is 1.88. The van der Waals surface area contributed by atoms with Crippen molar-refractivity contribution >= 4 is 15.9 Å². The van der Waals surface area contributed by atoms with Crippen molar-refractivity contribution in [3.63, 3.8) is 0 Å². The Hall–Kier alpha value is -1.07. The highest BCUT2D eigenvalue weighted by molar-refractivity contribution is 9.10. The third-order valence-corrected chi connectivity index (χ3v) is 3.17. The first-order valence-electron chi connectivity index (χ1n) is 5.59. The SMILES string of the molecule is CCCn1ncc(Br)c1C(O)c1ccc(C)o1. The molecule has 0 radical (unpaired) electrons. The van der Waals surface area contributed by atoms with Gasteiger partial charge in [-0.05, 0) is 41.4 Å². The Labute approximate surface area is 108 Å². The second kappa shape index (κ2) is 5.06. The van der Waals surface area contributed by atoms with E-state index in [1.54, 1.807) is 16.9 Å². The molecule has 0 aliphatic carbocycles. The van der Waals surface area contributed by atoms with Crippen molar-refractivity contribution in [2.24, 2.45) is 0 Å². The monoisotopic (exact) mass is 298 g/mol. The number of hydrogen-bond acceptors (Lipinski definition) is 3. The van der Waals surface area contributed by atoms with Gasteiger partial charge in [-0.1, -0.05) is 6.92 Å².